The maximum atomic E-state index is 13.3. The summed E-state index contributed by atoms with van der Waals surface area (Å²) in [7, 11) is -3.82. The smallest absolute Gasteiger partial charge is 0.248 e. The number of hydrogen-bond acceptors (Lipinski definition) is 3. The van der Waals surface area contributed by atoms with E-state index in [2.05, 4.69) is 5.32 Å². The maximum absolute atomic E-state index is 13.3. The van der Waals surface area contributed by atoms with Crippen molar-refractivity contribution in [2.75, 3.05) is 15.9 Å². The molecule has 0 saturated heterocycles. The number of halogens is 3. The molecule has 1 atom stereocenters. The summed E-state index contributed by atoms with van der Waals surface area (Å²) in [5, 5.41) is 2.73. The molecule has 2 aromatic carbocycles. The van der Waals surface area contributed by atoms with E-state index in [1.165, 1.54) is 18.2 Å². The van der Waals surface area contributed by atoms with Crippen LogP contribution < -0.4 is 9.62 Å². The SMILES string of the molecule is CC[C@H](C(=O)Nc1ccc(F)c(F)c1)N(c1cccc(Cl)c1)S(C)(=O)=O. The van der Waals surface area contributed by atoms with Crippen molar-refractivity contribution >= 4 is 38.9 Å². The van der Waals surface area contributed by atoms with Crippen LogP contribution in [-0.4, -0.2) is 26.6 Å². The van der Waals surface area contributed by atoms with Gasteiger partial charge in [-0.15, -0.1) is 0 Å². The van der Waals surface area contributed by atoms with Gasteiger partial charge in [-0.3, -0.25) is 9.10 Å². The van der Waals surface area contributed by atoms with Crippen molar-refractivity contribution in [3.63, 3.8) is 0 Å². The average molecular weight is 403 g/mol. The van der Waals surface area contributed by atoms with E-state index in [1.807, 2.05) is 0 Å². The van der Waals surface area contributed by atoms with Crippen molar-refractivity contribution in [2.24, 2.45) is 0 Å². The normalized spacial score (nSPS) is 12.5. The zero-order valence-corrected chi connectivity index (χ0v) is 15.6. The van der Waals surface area contributed by atoms with Gasteiger partial charge in [0.15, 0.2) is 11.6 Å². The number of benzene rings is 2. The summed E-state index contributed by atoms with van der Waals surface area (Å²) in [6.07, 6.45) is 1.12. The van der Waals surface area contributed by atoms with E-state index in [0.29, 0.717) is 5.02 Å². The second-order valence-electron chi connectivity index (χ2n) is 5.58. The fraction of sp³-hybridized carbons (Fsp3) is 0.235. The van der Waals surface area contributed by atoms with Gasteiger partial charge in [0.05, 0.1) is 11.9 Å². The van der Waals surface area contributed by atoms with Gasteiger partial charge in [-0.2, -0.15) is 0 Å². The first kappa shape index (κ1) is 20.1. The highest BCUT2D eigenvalue weighted by molar-refractivity contribution is 7.92. The van der Waals surface area contributed by atoms with Gasteiger partial charge in [0, 0.05) is 16.8 Å². The van der Waals surface area contributed by atoms with Crippen LogP contribution in [0.15, 0.2) is 42.5 Å². The molecule has 0 bridgehead atoms. The van der Waals surface area contributed by atoms with Gasteiger partial charge >= 0.3 is 0 Å². The predicted molar refractivity (Wildman–Crippen MR) is 97.8 cm³/mol. The molecule has 5 nitrogen and oxygen atoms in total. The third-order valence-electron chi connectivity index (χ3n) is 3.58. The Morgan fingerprint density at radius 3 is 2.42 bits per heavy atom. The quantitative estimate of drug-likeness (QED) is 0.799. The fourth-order valence-corrected chi connectivity index (χ4v) is 3.86. The van der Waals surface area contributed by atoms with E-state index < -0.39 is 33.6 Å². The minimum Gasteiger partial charge on any atom is -0.324 e. The lowest BCUT2D eigenvalue weighted by Gasteiger charge is -2.30. The Morgan fingerprint density at radius 1 is 1.19 bits per heavy atom. The highest BCUT2D eigenvalue weighted by Gasteiger charge is 2.31. The summed E-state index contributed by atoms with van der Waals surface area (Å²) in [5.74, 6) is -2.85. The van der Waals surface area contributed by atoms with Gasteiger partial charge < -0.3 is 5.32 Å². The molecule has 0 aliphatic rings. The van der Waals surface area contributed by atoms with E-state index in [-0.39, 0.29) is 17.8 Å². The number of nitrogens with one attached hydrogen (secondary N) is 1. The Labute approximate surface area is 155 Å². The molecule has 0 aliphatic carbocycles. The summed E-state index contributed by atoms with van der Waals surface area (Å²) in [6, 6.07) is 7.87. The standard InChI is InChI=1S/C17H17ClF2N2O3S/c1-3-16(17(23)21-12-7-8-14(19)15(20)10-12)22(26(2,24)25)13-6-4-5-11(18)9-13/h4-10,16H,3H2,1-2H3,(H,21,23)/t16-/m1/s1. The van der Waals surface area contributed by atoms with Crippen molar-refractivity contribution in [3.8, 4) is 0 Å². The summed E-state index contributed by atoms with van der Waals surface area (Å²) in [4.78, 5) is 12.6. The van der Waals surface area contributed by atoms with Crippen molar-refractivity contribution < 1.29 is 22.0 Å². The minimum atomic E-state index is -3.82. The molecule has 26 heavy (non-hydrogen) atoms. The van der Waals surface area contributed by atoms with Crippen LogP contribution in [-0.2, 0) is 14.8 Å². The van der Waals surface area contributed by atoms with Gasteiger partial charge in [-0.05, 0) is 36.8 Å². The summed E-state index contributed by atoms with van der Waals surface area (Å²) in [5.41, 5.74) is 0.249. The summed E-state index contributed by atoms with van der Waals surface area (Å²) < 4.78 is 51.9. The number of amides is 1. The highest BCUT2D eigenvalue weighted by Crippen LogP contribution is 2.26. The van der Waals surface area contributed by atoms with Gasteiger partial charge in [0.25, 0.3) is 0 Å². The van der Waals surface area contributed by atoms with Gasteiger partial charge in [-0.1, -0.05) is 24.6 Å². The van der Waals surface area contributed by atoms with Crippen LogP contribution in [0.4, 0.5) is 20.2 Å². The second-order valence-corrected chi connectivity index (χ2v) is 7.88. The van der Waals surface area contributed by atoms with Crippen molar-refractivity contribution in [1.29, 1.82) is 0 Å². The molecule has 0 spiro atoms. The van der Waals surface area contributed by atoms with Gasteiger partial charge in [0.1, 0.15) is 6.04 Å². The molecule has 2 rings (SSSR count). The van der Waals surface area contributed by atoms with Crippen LogP contribution in [0, 0.1) is 11.6 Å². The van der Waals surface area contributed by atoms with Gasteiger partial charge in [0.2, 0.25) is 15.9 Å². The molecule has 9 heteroatoms. The molecule has 0 unspecified atom stereocenters. The minimum absolute atomic E-state index is 0.0203. The van der Waals surface area contributed by atoms with Crippen molar-refractivity contribution in [2.45, 2.75) is 19.4 Å². The van der Waals surface area contributed by atoms with Crippen LogP contribution >= 0.6 is 11.6 Å². The lowest BCUT2D eigenvalue weighted by Crippen LogP contribution is -2.47. The van der Waals surface area contributed by atoms with Crippen LogP contribution in [0.1, 0.15) is 13.3 Å². The Balaban J connectivity index is 2.38. The average Bonchev–Trinajstić information content (AvgIpc) is 2.54. The van der Waals surface area contributed by atoms with Crippen LogP contribution in [0.3, 0.4) is 0 Å². The first-order valence-corrected chi connectivity index (χ1v) is 9.87. The lowest BCUT2D eigenvalue weighted by atomic mass is 10.1. The first-order valence-electron chi connectivity index (χ1n) is 7.64. The molecule has 1 N–H and O–H groups in total. The largest absolute Gasteiger partial charge is 0.324 e. The van der Waals surface area contributed by atoms with Crippen LogP contribution in [0.5, 0.6) is 0 Å². The molecule has 0 aliphatic heterocycles. The van der Waals surface area contributed by atoms with E-state index in [9.17, 15) is 22.0 Å². The lowest BCUT2D eigenvalue weighted by molar-refractivity contribution is -0.117. The molecule has 0 fully saturated rings. The fourth-order valence-electron chi connectivity index (χ4n) is 2.47. The zero-order valence-electron chi connectivity index (χ0n) is 14.0. The monoisotopic (exact) mass is 402 g/mol. The van der Waals surface area contributed by atoms with E-state index >= 15 is 0 Å². The molecule has 0 saturated carbocycles. The number of carbonyl (C=O) groups is 1. The molecule has 0 heterocycles. The highest BCUT2D eigenvalue weighted by atomic mass is 35.5. The number of hydrogen-bond donors (Lipinski definition) is 1. The van der Waals surface area contributed by atoms with Gasteiger partial charge in [-0.25, -0.2) is 17.2 Å². The molecule has 0 aromatic heterocycles. The summed E-state index contributed by atoms with van der Waals surface area (Å²) >= 11 is 5.93. The molecule has 0 radical (unpaired) electrons. The zero-order chi connectivity index (χ0) is 19.5. The van der Waals surface area contributed by atoms with E-state index in [0.717, 1.165) is 22.7 Å². The number of rotatable bonds is 6. The molecule has 1 amide bonds. The Hall–Kier alpha value is -2.19. The van der Waals surface area contributed by atoms with Crippen LogP contribution in [0.25, 0.3) is 0 Å². The van der Waals surface area contributed by atoms with Crippen molar-refractivity contribution in [1.82, 2.24) is 0 Å². The Kier molecular flexibility index (Phi) is 6.20. The second kappa shape index (κ2) is 8.01. The number of carbonyl (C=O) groups excluding carboxylic acids is 1. The van der Waals surface area contributed by atoms with E-state index in [4.69, 9.17) is 11.6 Å². The Morgan fingerprint density at radius 2 is 1.88 bits per heavy atom. The molecule has 2 aromatic rings. The third kappa shape index (κ3) is 4.70. The number of anilines is 2. The van der Waals surface area contributed by atoms with Crippen LogP contribution in [0.2, 0.25) is 5.02 Å². The molecular formula is C17H17ClF2N2O3S. The summed E-state index contributed by atoms with van der Waals surface area (Å²) in [6.45, 7) is 1.64. The molecular weight excluding hydrogens is 386 g/mol. The Bertz CT molecular complexity index is 922. The third-order valence-corrected chi connectivity index (χ3v) is 4.99. The predicted octanol–water partition coefficient (Wildman–Crippen LogP) is 3.80. The topological polar surface area (TPSA) is 66.5 Å². The number of sulfonamides is 1. The van der Waals surface area contributed by atoms with E-state index in [1.54, 1.807) is 19.1 Å². The first-order chi connectivity index (χ1) is 12.1. The molecule has 140 valence electrons. The number of nitrogens with zero attached hydrogens (tertiary/aromatic N) is 1. The van der Waals surface area contributed by atoms with Crippen molar-refractivity contribution in [3.05, 3.63) is 59.1 Å². The maximum Gasteiger partial charge on any atom is 0.248 e.